The van der Waals surface area contributed by atoms with Crippen LogP contribution in [0.15, 0.2) is 42.5 Å². The van der Waals surface area contributed by atoms with E-state index in [1.807, 2.05) is 6.92 Å². The average molecular weight is 343 g/mol. The minimum absolute atomic E-state index is 0.0256. The zero-order valence-electron chi connectivity index (χ0n) is 12.2. The largest absolute Gasteiger partial charge is 0.416 e. The van der Waals surface area contributed by atoms with Crippen LogP contribution in [0.3, 0.4) is 0 Å². The Bertz CT molecular complexity index is 699. The molecule has 2 rings (SSSR count). The number of benzene rings is 2. The number of nitrogens with one attached hydrogen (secondary N) is 2. The van der Waals surface area contributed by atoms with Crippen LogP contribution >= 0.6 is 11.6 Å². The second kappa shape index (κ2) is 6.91. The van der Waals surface area contributed by atoms with E-state index in [0.29, 0.717) is 10.7 Å². The second-order valence-corrected chi connectivity index (χ2v) is 5.30. The van der Waals surface area contributed by atoms with E-state index >= 15 is 0 Å². The third-order valence-electron chi connectivity index (χ3n) is 3.20. The first-order valence-corrected chi connectivity index (χ1v) is 7.11. The number of anilines is 2. The summed E-state index contributed by atoms with van der Waals surface area (Å²) in [5.74, 6) is -0.371. The second-order valence-electron chi connectivity index (χ2n) is 4.89. The van der Waals surface area contributed by atoms with E-state index < -0.39 is 11.7 Å². The van der Waals surface area contributed by atoms with E-state index in [0.717, 1.165) is 23.4 Å². The van der Waals surface area contributed by atoms with Crippen molar-refractivity contribution in [2.45, 2.75) is 13.1 Å². The van der Waals surface area contributed by atoms with Gasteiger partial charge in [0.15, 0.2) is 0 Å². The van der Waals surface area contributed by atoms with E-state index in [9.17, 15) is 18.0 Å². The molecule has 0 heterocycles. The average Bonchev–Trinajstić information content (AvgIpc) is 2.48. The van der Waals surface area contributed by atoms with Crippen molar-refractivity contribution >= 4 is 28.9 Å². The summed E-state index contributed by atoms with van der Waals surface area (Å²) in [6.45, 7) is 1.79. The van der Waals surface area contributed by atoms with Crippen molar-refractivity contribution < 1.29 is 18.0 Å². The summed E-state index contributed by atoms with van der Waals surface area (Å²) in [6, 6.07) is 9.55. The third kappa shape index (κ3) is 4.63. The number of rotatable bonds is 4. The van der Waals surface area contributed by atoms with Gasteiger partial charge in [0, 0.05) is 16.4 Å². The Hall–Kier alpha value is -2.21. The van der Waals surface area contributed by atoms with Gasteiger partial charge in [-0.1, -0.05) is 17.7 Å². The molecule has 0 saturated heterocycles. The summed E-state index contributed by atoms with van der Waals surface area (Å²) >= 11 is 5.98. The van der Waals surface area contributed by atoms with Crippen LogP contribution in [0.25, 0.3) is 0 Å². The molecule has 2 aromatic rings. The molecule has 0 fully saturated rings. The fraction of sp³-hybridized carbons (Fsp3) is 0.188. The van der Waals surface area contributed by atoms with E-state index in [4.69, 9.17) is 11.6 Å². The van der Waals surface area contributed by atoms with Crippen molar-refractivity contribution in [2.24, 2.45) is 0 Å². The Morgan fingerprint density at radius 3 is 2.39 bits per heavy atom. The van der Waals surface area contributed by atoms with Crippen LogP contribution in [0.1, 0.15) is 11.1 Å². The lowest BCUT2D eigenvalue weighted by molar-refractivity contribution is -0.137. The number of hydrogen-bond donors (Lipinski definition) is 2. The van der Waals surface area contributed by atoms with Gasteiger partial charge < -0.3 is 10.6 Å². The van der Waals surface area contributed by atoms with Gasteiger partial charge in [0.05, 0.1) is 12.1 Å². The van der Waals surface area contributed by atoms with Gasteiger partial charge in [-0.3, -0.25) is 4.79 Å². The first-order valence-electron chi connectivity index (χ1n) is 6.73. The summed E-state index contributed by atoms with van der Waals surface area (Å²) in [5.41, 5.74) is 1.08. The summed E-state index contributed by atoms with van der Waals surface area (Å²) in [4.78, 5) is 11.8. The first-order chi connectivity index (χ1) is 10.8. The molecule has 23 heavy (non-hydrogen) atoms. The zero-order chi connectivity index (χ0) is 17.0. The molecule has 0 aromatic heterocycles. The highest BCUT2D eigenvalue weighted by Crippen LogP contribution is 2.29. The fourth-order valence-electron chi connectivity index (χ4n) is 1.92. The van der Waals surface area contributed by atoms with Crippen molar-refractivity contribution in [3.05, 3.63) is 58.6 Å². The van der Waals surface area contributed by atoms with Crippen LogP contribution in [-0.2, 0) is 11.0 Å². The van der Waals surface area contributed by atoms with Crippen molar-refractivity contribution in [3.63, 3.8) is 0 Å². The maximum atomic E-state index is 12.5. The molecule has 0 aliphatic rings. The molecular weight excluding hydrogens is 329 g/mol. The number of alkyl halides is 3. The Morgan fingerprint density at radius 1 is 1.13 bits per heavy atom. The van der Waals surface area contributed by atoms with Gasteiger partial charge in [0.25, 0.3) is 0 Å². The molecule has 0 unspecified atom stereocenters. The summed E-state index contributed by atoms with van der Waals surface area (Å²) in [7, 11) is 0. The number of halogens is 4. The quantitative estimate of drug-likeness (QED) is 0.844. The highest BCUT2D eigenvalue weighted by Gasteiger charge is 2.29. The standard InChI is InChI=1S/C16H14ClF3N2O/c1-10-13(17)3-2-4-14(10)21-9-15(23)22-12-7-5-11(6-8-12)16(18,19)20/h2-8,21H,9H2,1H3,(H,22,23). The monoisotopic (exact) mass is 342 g/mol. The molecule has 0 aliphatic carbocycles. The smallest absolute Gasteiger partial charge is 0.376 e. The van der Waals surface area contributed by atoms with E-state index in [1.54, 1.807) is 18.2 Å². The van der Waals surface area contributed by atoms with Crippen LogP contribution in [-0.4, -0.2) is 12.5 Å². The molecule has 3 nitrogen and oxygen atoms in total. The van der Waals surface area contributed by atoms with Crippen molar-refractivity contribution in [1.29, 1.82) is 0 Å². The zero-order valence-corrected chi connectivity index (χ0v) is 12.9. The number of hydrogen-bond acceptors (Lipinski definition) is 2. The van der Waals surface area contributed by atoms with Gasteiger partial charge in [-0.05, 0) is 48.9 Å². The predicted octanol–water partition coefficient (Wildman–Crippen LogP) is 4.72. The van der Waals surface area contributed by atoms with Crippen LogP contribution in [0, 0.1) is 6.92 Å². The van der Waals surface area contributed by atoms with Crippen molar-refractivity contribution in [1.82, 2.24) is 0 Å². The van der Waals surface area contributed by atoms with Gasteiger partial charge >= 0.3 is 6.18 Å². The molecule has 0 bridgehead atoms. The molecule has 0 radical (unpaired) electrons. The lowest BCUT2D eigenvalue weighted by atomic mass is 10.2. The first kappa shape index (κ1) is 17.1. The van der Waals surface area contributed by atoms with Crippen LogP contribution in [0.5, 0.6) is 0 Å². The van der Waals surface area contributed by atoms with Gasteiger partial charge in [-0.15, -0.1) is 0 Å². The lowest BCUT2D eigenvalue weighted by Gasteiger charge is -2.11. The molecule has 0 spiro atoms. The Morgan fingerprint density at radius 2 is 1.78 bits per heavy atom. The van der Waals surface area contributed by atoms with Crippen molar-refractivity contribution in [2.75, 3.05) is 17.2 Å². The predicted molar refractivity (Wildman–Crippen MR) is 84.8 cm³/mol. The van der Waals surface area contributed by atoms with Gasteiger partial charge in [-0.25, -0.2) is 0 Å². The highest BCUT2D eigenvalue weighted by atomic mass is 35.5. The maximum Gasteiger partial charge on any atom is 0.416 e. The van der Waals surface area contributed by atoms with Gasteiger partial charge in [0.1, 0.15) is 0 Å². The Balaban J connectivity index is 1.93. The van der Waals surface area contributed by atoms with E-state index in [-0.39, 0.29) is 12.5 Å². The van der Waals surface area contributed by atoms with E-state index in [2.05, 4.69) is 10.6 Å². The summed E-state index contributed by atoms with van der Waals surface area (Å²) in [5, 5.41) is 6.04. The molecule has 0 aliphatic heterocycles. The summed E-state index contributed by atoms with van der Waals surface area (Å²) in [6.07, 6.45) is -4.39. The minimum Gasteiger partial charge on any atom is -0.376 e. The molecule has 2 aromatic carbocycles. The van der Waals surface area contributed by atoms with Crippen molar-refractivity contribution in [3.8, 4) is 0 Å². The molecular formula is C16H14ClF3N2O. The summed E-state index contributed by atoms with van der Waals surface area (Å²) < 4.78 is 37.4. The number of amides is 1. The molecule has 1 amide bonds. The Kier molecular flexibility index (Phi) is 5.15. The van der Waals surface area contributed by atoms with Gasteiger partial charge in [0.2, 0.25) is 5.91 Å². The Labute approximate surface area is 136 Å². The molecule has 2 N–H and O–H groups in total. The van der Waals surface area contributed by atoms with Crippen LogP contribution in [0.4, 0.5) is 24.5 Å². The normalized spacial score (nSPS) is 11.2. The maximum absolute atomic E-state index is 12.5. The topological polar surface area (TPSA) is 41.1 Å². The SMILES string of the molecule is Cc1c(Cl)cccc1NCC(=O)Nc1ccc(C(F)(F)F)cc1. The third-order valence-corrected chi connectivity index (χ3v) is 3.61. The molecule has 122 valence electrons. The van der Waals surface area contributed by atoms with Crippen LogP contribution in [0.2, 0.25) is 5.02 Å². The van der Waals surface area contributed by atoms with Gasteiger partial charge in [-0.2, -0.15) is 13.2 Å². The van der Waals surface area contributed by atoms with E-state index in [1.165, 1.54) is 12.1 Å². The molecule has 0 saturated carbocycles. The number of carbonyl (C=O) groups excluding carboxylic acids is 1. The lowest BCUT2D eigenvalue weighted by Crippen LogP contribution is -2.22. The molecule has 0 atom stereocenters. The highest BCUT2D eigenvalue weighted by molar-refractivity contribution is 6.31. The fourth-order valence-corrected chi connectivity index (χ4v) is 2.10. The number of carbonyl (C=O) groups is 1. The van der Waals surface area contributed by atoms with Crippen LogP contribution < -0.4 is 10.6 Å². The molecule has 7 heteroatoms. The minimum atomic E-state index is -4.39.